The third-order valence-electron chi connectivity index (χ3n) is 1.71. The molecule has 1 aromatic rings. The van der Waals surface area contributed by atoms with Crippen molar-refractivity contribution < 1.29 is 22.7 Å². The third kappa shape index (κ3) is 3.23. The van der Waals surface area contributed by atoms with Crippen LogP contribution in [0, 0.1) is 17.5 Å². The zero-order valence-corrected chi connectivity index (χ0v) is 8.52. The van der Waals surface area contributed by atoms with Crippen LogP contribution in [0.1, 0.15) is 6.92 Å². The quantitative estimate of drug-likeness (QED) is 0.864. The molecule has 0 aliphatic heterocycles. The molecule has 0 atom stereocenters. The van der Waals surface area contributed by atoms with E-state index in [4.69, 9.17) is 4.74 Å². The summed E-state index contributed by atoms with van der Waals surface area (Å²) in [5.41, 5.74) is -0.675. The zero-order valence-electron chi connectivity index (χ0n) is 8.52. The van der Waals surface area contributed by atoms with E-state index in [2.05, 4.69) is 0 Å². The molecule has 0 heterocycles. The van der Waals surface area contributed by atoms with Gasteiger partial charge >= 0.3 is 0 Å². The molecule has 0 bridgehead atoms. The summed E-state index contributed by atoms with van der Waals surface area (Å²) >= 11 is 0. The van der Waals surface area contributed by atoms with Gasteiger partial charge in [-0.1, -0.05) is 0 Å². The van der Waals surface area contributed by atoms with Crippen molar-refractivity contribution in [3.05, 3.63) is 29.6 Å². The van der Waals surface area contributed by atoms with E-state index in [1.54, 1.807) is 6.92 Å². The maximum absolute atomic E-state index is 13.1. The van der Waals surface area contributed by atoms with Crippen molar-refractivity contribution in [1.82, 2.24) is 0 Å². The number of ether oxygens (including phenoxy) is 1. The van der Waals surface area contributed by atoms with Crippen molar-refractivity contribution in [3.8, 4) is 0 Å². The lowest BCUT2D eigenvalue weighted by Gasteiger charge is -2.07. The van der Waals surface area contributed by atoms with Gasteiger partial charge in [-0.2, -0.15) is 0 Å². The highest BCUT2D eigenvalue weighted by atomic mass is 19.1. The average Bonchev–Trinajstić information content (AvgIpc) is 2.20. The van der Waals surface area contributed by atoms with Crippen LogP contribution >= 0.6 is 0 Å². The van der Waals surface area contributed by atoms with Crippen LogP contribution < -0.4 is 5.32 Å². The van der Waals surface area contributed by atoms with Crippen molar-refractivity contribution in [2.24, 2.45) is 0 Å². The Bertz CT molecular complexity index is 373. The van der Waals surface area contributed by atoms with Gasteiger partial charge in [0.15, 0.2) is 11.6 Å². The molecule has 0 aliphatic carbocycles. The number of anilines is 1. The number of nitrogens with one attached hydrogen (secondary N) is 1. The van der Waals surface area contributed by atoms with Gasteiger partial charge in [0, 0.05) is 18.7 Å². The second kappa shape index (κ2) is 5.50. The molecule has 1 N–H and O–H groups in total. The summed E-state index contributed by atoms with van der Waals surface area (Å²) < 4.78 is 43.4. The Kier molecular flexibility index (Phi) is 4.30. The van der Waals surface area contributed by atoms with E-state index in [0.29, 0.717) is 18.7 Å². The SMILES string of the molecule is CCOCC(=O)Nc1c(F)cc(F)cc1F. The number of hydrogen-bond donors (Lipinski definition) is 1. The van der Waals surface area contributed by atoms with Crippen molar-refractivity contribution in [1.29, 1.82) is 0 Å². The first-order valence-electron chi connectivity index (χ1n) is 4.56. The molecule has 3 nitrogen and oxygen atoms in total. The molecule has 0 unspecified atom stereocenters. The van der Waals surface area contributed by atoms with Crippen LogP contribution in [-0.2, 0) is 9.53 Å². The molecule has 16 heavy (non-hydrogen) atoms. The Morgan fingerprint density at radius 2 is 1.88 bits per heavy atom. The van der Waals surface area contributed by atoms with Crippen molar-refractivity contribution in [2.45, 2.75) is 6.92 Å². The van der Waals surface area contributed by atoms with Crippen LogP contribution in [0.3, 0.4) is 0 Å². The molecule has 6 heteroatoms. The second-order valence-electron chi connectivity index (χ2n) is 2.93. The molecular formula is C10H10F3NO2. The summed E-state index contributed by atoms with van der Waals surface area (Å²) in [6.07, 6.45) is 0. The van der Waals surface area contributed by atoms with E-state index < -0.39 is 29.0 Å². The number of rotatable bonds is 4. The number of benzene rings is 1. The summed E-state index contributed by atoms with van der Waals surface area (Å²) in [6.45, 7) is 1.67. The molecule has 0 saturated heterocycles. The third-order valence-corrected chi connectivity index (χ3v) is 1.71. The predicted octanol–water partition coefficient (Wildman–Crippen LogP) is 2.08. The van der Waals surface area contributed by atoms with E-state index in [1.807, 2.05) is 5.32 Å². The Hall–Kier alpha value is -1.56. The van der Waals surface area contributed by atoms with Crippen molar-refractivity contribution >= 4 is 11.6 Å². The number of amides is 1. The molecule has 0 aliphatic rings. The smallest absolute Gasteiger partial charge is 0.250 e. The van der Waals surface area contributed by atoms with Gasteiger partial charge in [0.1, 0.15) is 18.1 Å². The van der Waals surface area contributed by atoms with Crippen LogP contribution in [0.2, 0.25) is 0 Å². The highest BCUT2D eigenvalue weighted by Crippen LogP contribution is 2.19. The normalized spacial score (nSPS) is 10.2. The number of carbonyl (C=O) groups is 1. The Balaban J connectivity index is 2.77. The number of carbonyl (C=O) groups excluding carboxylic acids is 1. The minimum Gasteiger partial charge on any atom is -0.372 e. The summed E-state index contributed by atoms with van der Waals surface area (Å²) in [6, 6.07) is 0.971. The summed E-state index contributed by atoms with van der Waals surface area (Å²) in [5.74, 6) is -4.08. The van der Waals surface area contributed by atoms with E-state index in [1.165, 1.54) is 0 Å². The molecule has 0 aromatic heterocycles. The van der Waals surface area contributed by atoms with Gasteiger partial charge < -0.3 is 10.1 Å². The second-order valence-corrected chi connectivity index (χ2v) is 2.93. The number of hydrogen-bond acceptors (Lipinski definition) is 2. The zero-order chi connectivity index (χ0) is 12.1. The topological polar surface area (TPSA) is 38.3 Å². The molecule has 0 radical (unpaired) electrons. The number of halogens is 3. The minimum absolute atomic E-state index is 0.307. The van der Waals surface area contributed by atoms with Gasteiger partial charge in [-0.25, -0.2) is 13.2 Å². The summed E-state index contributed by atoms with van der Waals surface area (Å²) in [7, 11) is 0. The molecule has 88 valence electrons. The summed E-state index contributed by atoms with van der Waals surface area (Å²) in [4.78, 5) is 11.1. The predicted molar refractivity (Wildman–Crippen MR) is 51.4 cm³/mol. The van der Waals surface area contributed by atoms with Crippen molar-refractivity contribution in [2.75, 3.05) is 18.5 Å². The van der Waals surface area contributed by atoms with Gasteiger partial charge in [0.2, 0.25) is 0 Å². The molecule has 0 spiro atoms. The van der Waals surface area contributed by atoms with Gasteiger partial charge in [0.05, 0.1) is 0 Å². The summed E-state index contributed by atoms with van der Waals surface area (Å²) in [5, 5.41) is 1.96. The minimum atomic E-state index is -1.16. The highest BCUT2D eigenvalue weighted by molar-refractivity contribution is 5.91. The van der Waals surface area contributed by atoms with Gasteiger partial charge in [-0.05, 0) is 6.92 Å². The van der Waals surface area contributed by atoms with Crippen molar-refractivity contribution in [3.63, 3.8) is 0 Å². The fraction of sp³-hybridized carbons (Fsp3) is 0.300. The lowest BCUT2D eigenvalue weighted by atomic mass is 10.2. The Morgan fingerprint density at radius 1 is 1.31 bits per heavy atom. The first-order chi connectivity index (χ1) is 7.54. The average molecular weight is 233 g/mol. The lowest BCUT2D eigenvalue weighted by molar-refractivity contribution is -0.120. The fourth-order valence-corrected chi connectivity index (χ4v) is 1.03. The first-order valence-corrected chi connectivity index (χ1v) is 4.56. The molecule has 1 aromatic carbocycles. The van der Waals surface area contributed by atoms with Crippen LogP contribution in [0.15, 0.2) is 12.1 Å². The van der Waals surface area contributed by atoms with Gasteiger partial charge in [-0.3, -0.25) is 4.79 Å². The van der Waals surface area contributed by atoms with Crippen LogP contribution in [0.4, 0.5) is 18.9 Å². The van der Waals surface area contributed by atoms with Crippen LogP contribution in [0.5, 0.6) is 0 Å². The molecule has 0 saturated carbocycles. The van der Waals surface area contributed by atoms with E-state index in [-0.39, 0.29) is 6.61 Å². The van der Waals surface area contributed by atoms with Crippen LogP contribution in [-0.4, -0.2) is 19.1 Å². The van der Waals surface area contributed by atoms with Crippen LogP contribution in [0.25, 0.3) is 0 Å². The van der Waals surface area contributed by atoms with E-state index in [9.17, 15) is 18.0 Å². The van der Waals surface area contributed by atoms with Gasteiger partial charge in [0.25, 0.3) is 5.91 Å². The Labute approximate surface area is 90.2 Å². The highest BCUT2D eigenvalue weighted by Gasteiger charge is 2.13. The maximum Gasteiger partial charge on any atom is 0.250 e. The maximum atomic E-state index is 13.1. The lowest BCUT2D eigenvalue weighted by Crippen LogP contribution is -2.20. The van der Waals surface area contributed by atoms with E-state index >= 15 is 0 Å². The first kappa shape index (κ1) is 12.5. The standard InChI is InChI=1S/C10H10F3NO2/c1-2-16-5-9(15)14-10-7(12)3-6(11)4-8(10)13/h3-4H,2,5H2,1H3,(H,14,15). The van der Waals surface area contributed by atoms with E-state index in [0.717, 1.165) is 0 Å². The Morgan fingerprint density at radius 3 is 2.38 bits per heavy atom. The largest absolute Gasteiger partial charge is 0.372 e. The molecule has 0 fully saturated rings. The molecule has 1 rings (SSSR count). The van der Waals surface area contributed by atoms with Gasteiger partial charge in [-0.15, -0.1) is 0 Å². The molecular weight excluding hydrogens is 223 g/mol. The molecule has 1 amide bonds. The fourth-order valence-electron chi connectivity index (χ4n) is 1.03. The monoisotopic (exact) mass is 233 g/mol.